The van der Waals surface area contributed by atoms with E-state index in [1.165, 1.54) is 10.9 Å². The number of benzene rings is 1. The summed E-state index contributed by atoms with van der Waals surface area (Å²) in [6.07, 6.45) is 3.26. The van der Waals surface area contributed by atoms with E-state index in [0.29, 0.717) is 12.3 Å². The van der Waals surface area contributed by atoms with Crippen molar-refractivity contribution in [3.05, 3.63) is 52.5 Å². The van der Waals surface area contributed by atoms with Crippen molar-refractivity contribution in [3.8, 4) is 0 Å². The van der Waals surface area contributed by atoms with Gasteiger partial charge in [-0.3, -0.25) is 4.52 Å². The van der Waals surface area contributed by atoms with Crippen molar-refractivity contribution >= 4 is 10.9 Å². The summed E-state index contributed by atoms with van der Waals surface area (Å²) in [6.45, 7) is 0. The van der Waals surface area contributed by atoms with E-state index in [2.05, 4.69) is 20.7 Å². The molecule has 0 spiro atoms. The Kier molecular flexibility index (Phi) is 2.29. The van der Waals surface area contributed by atoms with E-state index in [0.717, 1.165) is 11.9 Å². The van der Waals surface area contributed by atoms with E-state index in [-0.39, 0.29) is 0 Å². The minimum absolute atomic E-state index is 0.334. The Labute approximate surface area is 96.0 Å². The van der Waals surface area contributed by atoms with Gasteiger partial charge in [-0.2, -0.15) is 0 Å². The van der Waals surface area contributed by atoms with Gasteiger partial charge in [-0.05, 0) is 23.2 Å². The highest BCUT2D eigenvalue weighted by molar-refractivity contribution is 5.83. The van der Waals surface area contributed by atoms with Crippen molar-refractivity contribution < 1.29 is 8.94 Å². The van der Waals surface area contributed by atoms with Gasteiger partial charge in [-0.1, -0.05) is 18.2 Å². The molecule has 0 atom stereocenters. The normalized spacial score (nSPS) is 11.1. The highest BCUT2D eigenvalue weighted by Crippen LogP contribution is 2.18. The summed E-state index contributed by atoms with van der Waals surface area (Å²) in [5, 5.41) is 4.71. The third-order valence-corrected chi connectivity index (χ3v) is 2.71. The monoisotopic (exact) mass is 230 g/mol. The number of fused-ring (bicyclic) bond motifs is 1. The van der Waals surface area contributed by atoms with Crippen LogP contribution in [0.15, 0.2) is 44.2 Å². The minimum Gasteiger partial charge on any atom is -0.375 e. The Balaban J connectivity index is 1.83. The maximum absolute atomic E-state index is 10.7. The second kappa shape index (κ2) is 3.93. The van der Waals surface area contributed by atoms with Gasteiger partial charge in [-0.25, -0.2) is 4.79 Å². The van der Waals surface area contributed by atoms with Crippen LogP contribution in [-0.4, -0.2) is 10.1 Å². The van der Waals surface area contributed by atoms with Crippen LogP contribution in [0.2, 0.25) is 0 Å². The topological polar surface area (TPSA) is 72.0 Å². The molecule has 0 aliphatic carbocycles. The van der Waals surface area contributed by atoms with Gasteiger partial charge in [0.15, 0.2) is 0 Å². The molecule has 0 bridgehead atoms. The van der Waals surface area contributed by atoms with Gasteiger partial charge in [-0.15, -0.1) is 0 Å². The first-order chi connectivity index (χ1) is 8.33. The first kappa shape index (κ1) is 9.89. The molecule has 1 N–H and O–H groups in total. The Morgan fingerprint density at radius 3 is 2.94 bits per heavy atom. The molecule has 0 aliphatic heterocycles. The van der Waals surface area contributed by atoms with Gasteiger partial charge in [0.05, 0.1) is 0 Å². The molecule has 0 fully saturated rings. The molecule has 3 rings (SSSR count). The van der Waals surface area contributed by atoms with Gasteiger partial charge in [0.25, 0.3) is 0 Å². The van der Waals surface area contributed by atoms with Crippen LogP contribution < -0.4 is 5.82 Å². The van der Waals surface area contributed by atoms with E-state index in [4.69, 9.17) is 4.42 Å². The van der Waals surface area contributed by atoms with Gasteiger partial charge in [0.2, 0.25) is 5.89 Å². The lowest BCUT2D eigenvalue weighted by atomic mass is 10.1. The molecule has 0 amide bonds. The predicted octanol–water partition coefficient (Wildman–Crippen LogP) is 1.89. The Bertz CT molecular complexity index is 693. The van der Waals surface area contributed by atoms with E-state index < -0.39 is 5.82 Å². The Morgan fingerprint density at radius 2 is 2.12 bits per heavy atom. The lowest BCUT2D eigenvalue weighted by Crippen LogP contribution is -1.91. The molecule has 2 aromatic heterocycles. The zero-order valence-corrected chi connectivity index (χ0v) is 8.97. The molecule has 86 valence electrons. The quantitative estimate of drug-likeness (QED) is 0.745. The zero-order valence-electron chi connectivity index (χ0n) is 8.97. The fourth-order valence-corrected chi connectivity index (χ4v) is 1.90. The molecule has 5 heteroatoms. The molecule has 0 saturated carbocycles. The number of rotatable bonds is 3. The van der Waals surface area contributed by atoms with Crippen LogP contribution in [0, 0.1) is 0 Å². The SMILES string of the molecule is O=c1onc(CCc2c[nH]c3ccccc23)o1. The smallest absolute Gasteiger partial charge is 0.375 e. The minimum atomic E-state index is -0.751. The lowest BCUT2D eigenvalue weighted by molar-refractivity contribution is 0.334. The number of nitrogens with one attached hydrogen (secondary N) is 1. The number of nitrogens with zero attached hydrogens (tertiary/aromatic N) is 1. The molecule has 5 nitrogen and oxygen atoms in total. The average molecular weight is 230 g/mol. The summed E-state index contributed by atoms with van der Waals surface area (Å²) in [4.78, 5) is 13.9. The van der Waals surface area contributed by atoms with Crippen molar-refractivity contribution in [2.75, 3.05) is 0 Å². The number of hydrogen-bond donors (Lipinski definition) is 1. The Morgan fingerprint density at radius 1 is 1.24 bits per heavy atom. The predicted molar refractivity (Wildman–Crippen MR) is 60.7 cm³/mol. The van der Waals surface area contributed by atoms with Crippen molar-refractivity contribution in [1.29, 1.82) is 0 Å². The van der Waals surface area contributed by atoms with Gasteiger partial charge >= 0.3 is 5.82 Å². The maximum Gasteiger partial charge on any atom is 0.542 e. The van der Waals surface area contributed by atoms with Gasteiger partial charge < -0.3 is 9.40 Å². The summed E-state index contributed by atoms with van der Waals surface area (Å²) >= 11 is 0. The molecule has 2 heterocycles. The number of hydrogen-bond acceptors (Lipinski definition) is 4. The van der Waals surface area contributed by atoms with Gasteiger partial charge in [0.1, 0.15) is 0 Å². The molecule has 1 aromatic carbocycles. The van der Waals surface area contributed by atoms with Crippen molar-refractivity contribution in [2.45, 2.75) is 12.8 Å². The van der Waals surface area contributed by atoms with Crippen LogP contribution >= 0.6 is 0 Å². The molecule has 0 aliphatic rings. The number of aromatic amines is 1. The summed E-state index contributed by atoms with van der Waals surface area (Å²) in [7, 11) is 0. The number of aromatic nitrogens is 2. The van der Waals surface area contributed by atoms with Crippen LogP contribution in [0.25, 0.3) is 10.9 Å². The highest BCUT2D eigenvalue weighted by Gasteiger charge is 2.07. The second-order valence-corrected chi connectivity index (χ2v) is 3.79. The molecule has 17 heavy (non-hydrogen) atoms. The largest absolute Gasteiger partial charge is 0.542 e. The van der Waals surface area contributed by atoms with Crippen LogP contribution in [-0.2, 0) is 12.8 Å². The molecule has 3 aromatic rings. The first-order valence-corrected chi connectivity index (χ1v) is 5.33. The highest BCUT2D eigenvalue weighted by atomic mass is 16.6. The summed E-state index contributed by atoms with van der Waals surface area (Å²) in [5.74, 6) is -0.417. The average Bonchev–Trinajstić information content (AvgIpc) is 2.93. The van der Waals surface area contributed by atoms with Crippen LogP contribution in [0.1, 0.15) is 11.5 Å². The Hall–Kier alpha value is -2.30. The van der Waals surface area contributed by atoms with E-state index in [1.54, 1.807) is 0 Å². The second-order valence-electron chi connectivity index (χ2n) is 3.79. The molecule has 0 unspecified atom stereocenters. The van der Waals surface area contributed by atoms with Crippen molar-refractivity contribution in [1.82, 2.24) is 10.1 Å². The third-order valence-electron chi connectivity index (χ3n) is 2.71. The summed E-state index contributed by atoms with van der Waals surface area (Å²) in [6, 6.07) is 8.06. The van der Waals surface area contributed by atoms with Gasteiger partial charge in [0, 0.05) is 23.5 Å². The summed E-state index contributed by atoms with van der Waals surface area (Å²) in [5.41, 5.74) is 2.27. The molecule has 0 radical (unpaired) electrons. The van der Waals surface area contributed by atoms with Crippen molar-refractivity contribution in [2.24, 2.45) is 0 Å². The van der Waals surface area contributed by atoms with Crippen LogP contribution in [0.3, 0.4) is 0 Å². The summed E-state index contributed by atoms with van der Waals surface area (Å²) < 4.78 is 9.09. The fourth-order valence-electron chi connectivity index (χ4n) is 1.90. The molecule has 0 saturated heterocycles. The van der Waals surface area contributed by atoms with E-state index >= 15 is 0 Å². The number of H-pyrrole nitrogens is 1. The fraction of sp³-hybridized carbons (Fsp3) is 0.167. The maximum atomic E-state index is 10.7. The number of para-hydroxylation sites is 1. The third kappa shape index (κ3) is 1.87. The lowest BCUT2D eigenvalue weighted by Gasteiger charge is -1.95. The standard InChI is InChI=1S/C12H10N2O3/c15-12-16-11(14-17-12)6-5-8-7-13-10-4-2-1-3-9(8)10/h1-4,7,13H,5-6H2. The number of aryl methyl sites for hydroxylation is 2. The first-order valence-electron chi connectivity index (χ1n) is 5.33. The van der Waals surface area contributed by atoms with Crippen LogP contribution in [0.4, 0.5) is 0 Å². The van der Waals surface area contributed by atoms with Crippen molar-refractivity contribution in [3.63, 3.8) is 0 Å². The van der Waals surface area contributed by atoms with Crippen LogP contribution in [0.5, 0.6) is 0 Å². The molecular formula is C12H10N2O3. The zero-order chi connectivity index (χ0) is 11.7. The van der Waals surface area contributed by atoms with E-state index in [1.807, 2.05) is 24.4 Å². The molecular weight excluding hydrogens is 220 g/mol. The van der Waals surface area contributed by atoms with E-state index in [9.17, 15) is 4.79 Å².